The lowest BCUT2D eigenvalue weighted by atomic mass is 10.0. The zero-order chi connectivity index (χ0) is 14.0. The van der Waals surface area contributed by atoms with Gasteiger partial charge in [0.15, 0.2) is 5.58 Å². The molecule has 1 heterocycles. The minimum Gasteiger partial charge on any atom is -0.408 e. The molecule has 6 heteroatoms. The number of nitrogens with one attached hydrogen (secondary N) is 2. The van der Waals surface area contributed by atoms with Gasteiger partial charge in [0, 0.05) is 11.8 Å². The number of anilines is 1. The maximum absolute atomic E-state index is 11.9. The Kier molecular flexibility index (Phi) is 3.71. The van der Waals surface area contributed by atoms with Gasteiger partial charge in [0.25, 0.3) is 0 Å². The number of hydrogen-bond acceptors (Lipinski definition) is 4. The third kappa shape index (κ3) is 3.23. The van der Waals surface area contributed by atoms with Crippen LogP contribution in [0.1, 0.15) is 20.3 Å². The van der Waals surface area contributed by atoms with E-state index in [-0.39, 0.29) is 5.91 Å². The Morgan fingerprint density at radius 3 is 2.89 bits per heavy atom. The average molecular weight is 263 g/mol. The maximum atomic E-state index is 11.9. The van der Waals surface area contributed by atoms with Crippen LogP contribution >= 0.6 is 0 Å². The van der Waals surface area contributed by atoms with Crippen molar-refractivity contribution >= 4 is 22.7 Å². The lowest BCUT2D eigenvalue weighted by Crippen LogP contribution is -2.36. The Labute approximate surface area is 110 Å². The van der Waals surface area contributed by atoms with Gasteiger partial charge >= 0.3 is 5.76 Å². The molecule has 0 aliphatic rings. The van der Waals surface area contributed by atoms with E-state index in [2.05, 4.69) is 10.3 Å². The lowest BCUT2D eigenvalue weighted by Gasteiger charge is -2.13. The van der Waals surface area contributed by atoms with E-state index in [1.165, 1.54) is 0 Å². The first-order chi connectivity index (χ1) is 8.95. The smallest absolute Gasteiger partial charge is 0.408 e. The first-order valence-electron chi connectivity index (χ1n) is 6.15. The fraction of sp³-hybridized carbons (Fsp3) is 0.385. The van der Waals surface area contributed by atoms with Crippen LogP contribution in [0.2, 0.25) is 0 Å². The van der Waals surface area contributed by atoms with Crippen LogP contribution in [-0.2, 0) is 4.79 Å². The number of aromatic amines is 1. The summed E-state index contributed by atoms with van der Waals surface area (Å²) in [7, 11) is 0. The fourth-order valence-corrected chi connectivity index (χ4v) is 1.87. The monoisotopic (exact) mass is 263 g/mol. The van der Waals surface area contributed by atoms with Crippen LogP contribution in [0.15, 0.2) is 27.4 Å². The van der Waals surface area contributed by atoms with Gasteiger partial charge in [-0.05, 0) is 24.5 Å². The maximum Gasteiger partial charge on any atom is 0.417 e. The molecule has 0 saturated carbocycles. The molecule has 0 aliphatic heterocycles. The molecule has 2 aromatic rings. The van der Waals surface area contributed by atoms with E-state index < -0.39 is 11.8 Å². The third-order valence-electron chi connectivity index (χ3n) is 2.75. The molecule has 0 spiro atoms. The average Bonchev–Trinajstić information content (AvgIpc) is 2.67. The minimum atomic E-state index is -0.547. The van der Waals surface area contributed by atoms with Crippen molar-refractivity contribution in [2.75, 3.05) is 5.32 Å². The number of oxazole rings is 1. The molecule has 1 amide bonds. The van der Waals surface area contributed by atoms with Crippen molar-refractivity contribution in [2.24, 2.45) is 11.7 Å². The van der Waals surface area contributed by atoms with E-state index in [9.17, 15) is 9.59 Å². The molecule has 102 valence electrons. The predicted molar refractivity (Wildman–Crippen MR) is 72.9 cm³/mol. The van der Waals surface area contributed by atoms with Gasteiger partial charge in [-0.15, -0.1) is 0 Å². The Hall–Kier alpha value is -2.08. The Balaban J connectivity index is 2.12. The number of fused-ring (bicyclic) bond motifs is 1. The van der Waals surface area contributed by atoms with E-state index in [0.29, 0.717) is 29.1 Å². The molecule has 0 aliphatic carbocycles. The van der Waals surface area contributed by atoms with Crippen molar-refractivity contribution in [3.05, 3.63) is 28.7 Å². The molecule has 1 atom stereocenters. The zero-order valence-corrected chi connectivity index (χ0v) is 10.9. The van der Waals surface area contributed by atoms with Crippen molar-refractivity contribution in [2.45, 2.75) is 26.3 Å². The molecule has 0 fully saturated rings. The number of rotatable bonds is 4. The van der Waals surface area contributed by atoms with E-state index in [1.807, 2.05) is 13.8 Å². The van der Waals surface area contributed by atoms with Crippen molar-refractivity contribution in [1.82, 2.24) is 4.98 Å². The highest BCUT2D eigenvalue weighted by Crippen LogP contribution is 2.16. The summed E-state index contributed by atoms with van der Waals surface area (Å²) in [6.45, 7) is 4.02. The molecule has 0 saturated heterocycles. The molecule has 0 unspecified atom stereocenters. The second kappa shape index (κ2) is 5.27. The van der Waals surface area contributed by atoms with Crippen molar-refractivity contribution in [3.8, 4) is 0 Å². The molecule has 6 nitrogen and oxygen atoms in total. The van der Waals surface area contributed by atoms with E-state index in [1.54, 1.807) is 18.2 Å². The summed E-state index contributed by atoms with van der Waals surface area (Å²) in [5, 5.41) is 2.71. The van der Waals surface area contributed by atoms with Crippen LogP contribution in [0.5, 0.6) is 0 Å². The van der Waals surface area contributed by atoms with Gasteiger partial charge in [0.2, 0.25) is 5.91 Å². The normalized spacial score (nSPS) is 12.8. The van der Waals surface area contributed by atoms with Crippen LogP contribution in [0.25, 0.3) is 11.1 Å². The van der Waals surface area contributed by atoms with Crippen LogP contribution in [0.4, 0.5) is 5.69 Å². The van der Waals surface area contributed by atoms with Gasteiger partial charge < -0.3 is 15.5 Å². The Morgan fingerprint density at radius 2 is 2.21 bits per heavy atom. The first-order valence-corrected chi connectivity index (χ1v) is 6.15. The van der Waals surface area contributed by atoms with Gasteiger partial charge in [-0.3, -0.25) is 9.78 Å². The summed E-state index contributed by atoms with van der Waals surface area (Å²) in [5.41, 5.74) is 7.34. The summed E-state index contributed by atoms with van der Waals surface area (Å²) in [5.74, 6) is -0.410. The number of aromatic nitrogens is 1. The summed E-state index contributed by atoms with van der Waals surface area (Å²) in [6.07, 6.45) is 0.618. The largest absolute Gasteiger partial charge is 0.417 e. The van der Waals surface area contributed by atoms with E-state index in [4.69, 9.17) is 10.2 Å². The van der Waals surface area contributed by atoms with E-state index >= 15 is 0 Å². The van der Waals surface area contributed by atoms with Crippen LogP contribution in [-0.4, -0.2) is 16.9 Å². The van der Waals surface area contributed by atoms with Gasteiger partial charge in [-0.25, -0.2) is 4.79 Å². The Morgan fingerprint density at radius 1 is 1.47 bits per heavy atom. The second-order valence-electron chi connectivity index (χ2n) is 4.95. The van der Waals surface area contributed by atoms with Crippen LogP contribution in [0.3, 0.4) is 0 Å². The molecular weight excluding hydrogens is 246 g/mol. The number of carbonyl (C=O) groups excluding carboxylic acids is 1. The molecule has 1 aromatic heterocycles. The third-order valence-corrected chi connectivity index (χ3v) is 2.75. The highest BCUT2D eigenvalue weighted by molar-refractivity contribution is 5.96. The molecule has 2 rings (SSSR count). The SMILES string of the molecule is CC(C)C[C@@H](N)C(=O)Nc1ccc2[nH]c(=O)oc2c1. The molecule has 0 radical (unpaired) electrons. The zero-order valence-electron chi connectivity index (χ0n) is 10.9. The minimum absolute atomic E-state index is 0.245. The van der Waals surface area contributed by atoms with Gasteiger partial charge in [-0.1, -0.05) is 13.8 Å². The molecular formula is C13H17N3O3. The highest BCUT2D eigenvalue weighted by Gasteiger charge is 2.15. The van der Waals surface area contributed by atoms with Gasteiger partial charge in [0.05, 0.1) is 11.6 Å². The first kappa shape index (κ1) is 13.4. The number of carbonyl (C=O) groups is 1. The van der Waals surface area contributed by atoms with Gasteiger partial charge in [-0.2, -0.15) is 0 Å². The lowest BCUT2D eigenvalue weighted by molar-refractivity contribution is -0.117. The molecule has 19 heavy (non-hydrogen) atoms. The summed E-state index contributed by atoms with van der Waals surface area (Å²) < 4.78 is 4.92. The van der Waals surface area contributed by atoms with Crippen LogP contribution in [0, 0.1) is 5.92 Å². The fourth-order valence-electron chi connectivity index (χ4n) is 1.87. The highest BCUT2D eigenvalue weighted by atomic mass is 16.4. The number of benzene rings is 1. The number of nitrogens with two attached hydrogens (primary N) is 1. The van der Waals surface area contributed by atoms with Crippen LogP contribution < -0.4 is 16.8 Å². The predicted octanol–water partition coefficient (Wildman–Crippen LogP) is 1.43. The number of amides is 1. The molecule has 1 aromatic carbocycles. The van der Waals surface area contributed by atoms with Crippen molar-refractivity contribution in [3.63, 3.8) is 0 Å². The summed E-state index contributed by atoms with van der Waals surface area (Å²) in [4.78, 5) is 25.4. The summed E-state index contributed by atoms with van der Waals surface area (Å²) in [6, 6.07) is 4.40. The topological polar surface area (TPSA) is 101 Å². The van der Waals surface area contributed by atoms with Crippen molar-refractivity contribution < 1.29 is 9.21 Å². The summed E-state index contributed by atoms with van der Waals surface area (Å²) >= 11 is 0. The van der Waals surface area contributed by atoms with E-state index in [0.717, 1.165) is 0 Å². The molecule has 4 N–H and O–H groups in total. The quantitative estimate of drug-likeness (QED) is 0.776. The standard InChI is InChI=1S/C13H17N3O3/c1-7(2)5-9(14)12(17)15-8-3-4-10-11(6-8)19-13(18)16-10/h3-4,6-7,9H,5,14H2,1-2H3,(H,15,17)(H,16,18)/t9-/m1/s1. The molecule has 0 bridgehead atoms. The second-order valence-corrected chi connectivity index (χ2v) is 4.95. The number of hydrogen-bond donors (Lipinski definition) is 3. The Bertz CT molecular complexity index is 642. The van der Waals surface area contributed by atoms with Crippen molar-refractivity contribution in [1.29, 1.82) is 0 Å². The number of H-pyrrole nitrogens is 1. The van der Waals surface area contributed by atoms with Gasteiger partial charge in [0.1, 0.15) is 0 Å².